The third-order valence-electron chi connectivity index (χ3n) is 7.10. The molecule has 0 aliphatic heterocycles. The van der Waals surface area contributed by atoms with Crippen molar-refractivity contribution in [3.63, 3.8) is 0 Å². The van der Waals surface area contributed by atoms with Crippen molar-refractivity contribution < 1.29 is 0 Å². The van der Waals surface area contributed by atoms with Crippen LogP contribution in [0, 0.1) is 0 Å². The van der Waals surface area contributed by atoms with Crippen LogP contribution < -0.4 is 0 Å². The van der Waals surface area contributed by atoms with Gasteiger partial charge in [0.1, 0.15) is 5.01 Å². The molecular weight excluding hydrogens is 510 g/mol. The normalized spacial score (nSPS) is 11.5. The van der Waals surface area contributed by atoms with Crippen LogP contribution in [0.25, 0.3) is 71.3 Å². The quantitative estimate of drug-likeness (QED) is 0.228. The zero-order valence-electron chi connectivity index (χ0n) is 21.3. The summed E-state index contributed by atoms with van der Waals surface area (Å²) in [6.45, 7) is 0. The van der Waals surface area contributed by atoms with Crippen molar-refractivity contribution in [1.29, 1.82) is 0 Å². The molecule has 0 N–H and O–H groups in total. The van der Waals surface area contributed by atoms with Gasteiger partial charge in [0.15, 0.2) is 11.6 Å². The van der Waals surface area contributed by atoms with Crippen molar-refractivity contribution >= 4 is 43.4 Å². The zero-order chi connectivity index (χ0) is 26.5. The Bertz CT molecular complexity index is 2110. The number of thiazole rings is 1. The van der Waals surface area contributed by atoms with Crippen molar-refractivity contribution in [3.05, 3.63) is 127 Å². The Morgan fingerprint density at radius 1 is 0.475 bits per heavy atom. The highest BCUT2D eigenvalue weighted by atomic mass is 32.1. The van der Waals surface area contributed by atoms with Crippen LogP contribution in [0.15, 0.2) is 127 Å². The summed E-state index contributed by atoms with van der Waals surface area (Å²) in [6, 6.07) is 43.4. The summed E-state index contributed by atoms with van der Waals surface area (Å²) in [6.07, 6.45) is 0. The standard InChI is InChI=1S/C34H21N5S/c1-3-11-22(12-4-1)31-36-32(24-19-20-27-30(21-24)40-33(35-27)23-13-5-2-6-14-23)38-34(37-31)39-28-17-9-7-15-25(28)26-16-8-10-18-29(26)39/h1-21H. The second kappa shape index (κ2) is 9.22. The molecule has 8 aromatic rings. The summed E-state index contributed by atoms with van der Waals surface area (Å²) in [4.78, 5) is 19.9. The summed E-state index contributed by atoms with van der Waals surface area (Å²) in [5.41, 5.74) is 6.07. The number of rotatable bonds is 4. The number of hydrogen-bond donors (Lipinski definition) is 0. The molecule has 0 saturated carbocycles. The van der Waals surface area contributed by atoms with Crippen molar-refractivity contribution in [1.82, 2.24) is 24.5 Å². The van der Waals surface area contributed by atoms with E-state index in [0.717, 1.165) is 42.9 Å². The van der Waals surface area contributed by atoms with E-state index in [0.29, 0.717) is 17.6 Å². The van der Waals surface area contributed by atoms with Crippen molar-refractivity contribution in [2.75, 3.05) is 0 Å². The first-order chi connectivity index (χ1) is 19.8. The lowest BCUT2D eigenvalue weighted by Crippen LogP contribution is -2.06. The topological polar surface area (TPSA) is 56.5 Å². The van der Waals surface area contributed by atoms with Gasteiger partial charge in [0, 0.05) is 27.5 Å². The van der Waals surface area contributed by atoms with E-state index < -0.39 is 0 Å². The maximum Gasteiger partial charge on any atom is 0.238 e. The van der Waals surface area contributed by atoms with Gasteiger partial charge in [-0.2, -0.15) is 9.97 Å². The first kappa shape index (κ1) is 22.8. The molecule has 5 nitrogen and oxygen atoms in total. The minimum atomic E-state index is 0.593. The van der Waals surface area contributed by atoms with E-state index in [1.165, 1.54) is 10.8 Å². The Morgan fingerprint density at radius 3 is 1.73 bits per heavy atom. The van der Waals surface area contributed by atoms with Crippen molar-refractivity contribution in [2.45, 2.75) is 0 Å². The number of benzene rings is 5. The van der Waals surface area contributed by atoms with Gasteiger partial charge >= 0.3 is 0 Å². The number of nitrogens with zero attached hydrogens (tertiary/aromatic N) is 5. The fourth-order valence-corrected chi connectivity index (χ4v) is 6.23. The fraction of sp³-hybridized carbons (Fsp3) is 0. The highest BCUT2D eigenvalue weighted by Crippen LogP contribution is 2.34. The molecule has 0 fully saturated rings. The second-order valence-corrected chi connectivity index (χ2v) is 10.6. The third kappa shape index (κ3) is 3.77. The highest BCUT2D eigenvalue weighted by molar-refractivity contribution is 7.21. The minimum Gasteiger partial charge on any atom is -0.278 e. The summed E-state index contributed by atoms with van der Waals surface area (Å²) < 4.78 is 3.23. The average Bonchev–Trinajstić information content (AvgIpc) is 3.61. The average molecular weight is 532 g/mol. The Balaban J connectivity index is 1.36. The number of aromatic nitrogens is 5. The van der Waals surface area contributed by atoms with Crippen LogP contribution in [-0.4, -0.2) is 24.5 Å². The van der Waals surface area contributed by atoms with Gasteiger partial charge in [-0.25, -0.2) is 9.97 Å². The monoisotopic (exact) mass is 531 g/mol. The Kier molecular flexibility index (Phi) is 5.24. The second-order valence-electron chi connectivity index (χ2n) is 9.59. The van der Waals surface area contributed by atoms with E-state index in [4.69, 9.17) is 19.9 Å². The first-order valence-corrected chi connectivity index (χ1v) is 13.9. The van der Waals surface area contributed by atoms with E-state index in [9.17, 15) is 0 Å². The van der Waals surface area contributed by atoms with E-state index >= 15 is 0 Å². The molecule has 0 bridgehead atoms. The van der Waals surface area contributed by atoms with E-state index in [1.54, 1.807) is 11.3 Å². The summed E-state index contributed by atoms with van der Waals surface area (Å²) >= 11 is 1.68. The number of hydrogen-bond acceptors (Lipinski definition) is 5. The molecule has 5 aromatic carbocycles. The van der Waals surface area contributed by atoms with Gasteiger partial charge < -0.3 is 0 Å². The van der Waals surface area contributed by atoms with Crippen LogP contribution in [0.5, 0.6) is 0 Å². The van der Waals surface area contributed by atoms with Gasteiger partial charge in [-0.05, 0) is 30.3 Å². The number of fused-ring (bicyclic) bond motifs is 4. The van der Waals surface area contributed by atoms with Crippen LogP contribution in [0.3, 0.4) is 0 Å². The van der Waals surface area contributed by atoms with Crippen molar-refractivity contribution in [2.24, 2.45) is 0 Å². The van der Waals surface area contributed by atoms with Gasteiger partial charge in [0.25, 0.3) is 0 Å². The van der Waals surface area contributed by atoms with E-state index in [1.807, 2.05) is 48.5 Å². The van der Waals surface area contributed by atoms with Crippen molar-refractivity contribution in [3.8, 4) is 39.3 Å². The predicted molar refractivity (Wildman–Crippen MR) is 164 cm³/mol. The van der Waals surface area contributed by atoms with Crippen LogP contribution in [0.4, 0.5) is 0 Å². The summed E-state index contributed by atoms with van der Waals surface area (Å²) in [5.74, 6) is 1.86. The number of para-hydroxylation sites is 2. The molecule has 0 unspecified atom stereocenters. The predicted octanol–water partition coefficient (Wildman–Crippen LogP) is 8.58. The lowest BCUT2D eigenvalue weighted by atomic mass is 10.2. The smallest absolute Gasteiger partial charge is 0.238 e. The maximum atomic E-state index is 5.07. The van der Waals surface area contributed by atoms with Gasteiger partial charge in [0.2, 0.25) is 5.95 Å². The molecule has 0 amide bonds. The molecular formula is C34H21N5S. The van der Waals surface area contributed by atoms with Crippen LogP contribution in [-0.2, 0) is 0 Å². The van der Waals surface area contributed by atoms with E-state index in [2.05, 4.69) is 83.4 Å². The zero-order valence-corrected chi connectivity index (χ0v) is 22.1. The van der Waals surface area contributed by atoms with Crippen LogP contribution in [0.2, 0.25) is 0 Å². The fourth-order valence-electron chi connectivity index (χ4n) is 5.22. The van der Waals surface area contributed by atoms with E-state index in [-0.39, 0.29) is 0 Å². The molecule has 8 rings (SSSR count). The molecule has 0 aliphatic carbocycles. The first-order valence-electron chi connectivity index (χ1n) is 13.1. The molecule has 0 spiro atoms. The lowest BCUT2D eigenvalue weighted by Gasteiger charge is -2.10. The Hall–Kier alpha value is -5.20. The van der Waals surface area contributed by atoms with Gasteiger partial charge in [-0.1, -0.05) is 97.1 Å². The van der Waals surface area contributed by atoms with Gasteiger partial charge in [-0.3, -0.25) is 4.57 Å². The molecule has 0 atom stereocenters. The Morgan fingerprint density at radius 2 is 1.05 bits per heavy atom. The minimum absolute atomic E-state index is 0.593. The van der Waals surface area contributed by atoms with Gasteiger partial charge in [0.05, 0.1) is 21.3 Å². The highest BCUT2D eigenvalue weighted by Gasteiger charge is 2.18. The largest absolute Gasteiger partial charge is 0.278 e. The summed E-state index contributed by atoms with van der Waals surface area (Å²) in [5, 5.41) is 3.33. The summed E-state index contributed by atoms with van der Waals surface area (Å²) in [7, 11) is 0. The molecule has 6 heteroatoms. The lowest BCUT2D eigenvalue weighted by molar-refractivity contribution is 0.953. The Labute approximate surface area is 234 Å². The molecule has 188 valence electrons. The molecule has 0 aliphatic rings. The molecule has 3 heterocycles. The van der Waals surface area contributed by atoms with Gasteiger partial charge in [-0.15, -0.1) is 11.3 Å². The molecule has 0 radical (unpaired) electrons. The SMILES string of the molecule is c1ccc(-c2nc(-c3ccc4nc(-c5ccccc5)sc4c3)nc(-n3c4ccccc4c4ccccc43)n2)cc1. The third-order valence-corrected chi connectivity index (χ3v) is 8.17. The van der Waals surface area contributed by atoms with Crippen LogP contribution in [0.1, 0.15) is 0 Å². The molecule has 40 heavy (non-hydrogen) atoms. The van der Waals surface area contributed by atoms with Crippen LogP contribution >= 0.6 is 11.3 Å². The maximum absolute atomic E-state index is 5.07. The molecule has 3 aromatic heterocycles. The molecule has 0 saturated heterocycles.